The Balaban J connectivity index is 1.69. The molecular weight excluding hydrogens is 436 g/mol. The van der Waals surface area contributed by atoms with Crippen LogP contribution in [0.2, 0.25) is 0 Å². The van der Waals surface area contributed by atoms with Crippen LogP contribution in [0.25, 0.3) is 0 Å². The monoisotopic (exact) mass is 452 g/mol. The molecule has 29 heavy (non-hydrogen) atoms. The van der Waals surface area contributed by atoms with Crippen LogP contribution in [0.5, 0.6) is 0 Å². The molecule has 3 aromatic carbocycles. The Hall–Kier alpha value is -3.45. The second kappa shape index (κ2) is 9.16. The Morgan fingerprint density at radius 3 is 1.93 bits per heavy atom. The van der Waals surface area contributed by atoms with E-state index >= 15 is 0 Å². The fraction of sp³-hybridized carbons (Fsp3) is 0.0455. The van der Waals surface area contributed by atoms with Crippen LogP contribution in [0.4, 0.5) is 11.4 Å². The summed E-state index contributed by atoms with van der Waals surface area (Å²) in [6.45, 7) is 0. The number of ether oxygens (including phenoxy) is 1. The van der Waals surface area contributed by atoms with Crippen LogP contribution in [0.3, 0.4) is 0 Å². The molecule has 2 N–H and O–H groups in total. The predicted octanol–water partition coefficient (Wildman–Crippen LogP) is 4.74. The number of para-hydroxylation sites is 1. The smallest absolute Gasteiger partial charge is 0.339 e. The zero-order valence-electron chi connectivity index (χ0n) is 15.4. The molecule has 146 valence electrons. The lowest BCUT2D eigenvalue weighted by Crippen LogP contribution is -2.16. The molecule has 0 fully saturated rings. The van der Waals surface area contributed by atoms with Crippen molar-refractivity contribution in [2.24, 2.45) is 0 Å². The van der Waals surface area contributed by atoms with Gasteiger partial charge in [-0.25, -0.2) is 4.79 Å². The first-order chi connectivity index (χ1) is 14.0. The zero-order valence-corrected chi connectivity index (χ0v) is 17.0. The van der Waals surface area contributed by atoms with Crippen LogP contribution in [0.1, 0.15) is 31.1 Å². The lowest BCUT2D eigenvalue weighted by molar-refractivity contribution is 0.0601. The normalized spacial score (nSPS) is 10.1. The summed E-state index contributed by atoms with van der Waals surface area (Å²) in [5.74, 6) is -1.17. The van der Waals surface area contributed by atoms with Crippen LogP contribution in [0, 0.1) is 0 Å². The minimum absolute atomic E-state index is 0.248. The van der Waals surface area contributed by atoms with Crippen LogP contribution >= 0.6 is 15.9 Å². The third kappa shape index (κ3) is 5.08. The third-order valence-corrected chi connectivity index (χ3v) is 4.62. The highest BCUT2D eigenvalue weighted by atomic mass is 79.9. The van der Waals surface area contributed by atoms with Gasteiger partial charge in [0.15, 0.2) is 0 Å². The summed E-state index contributed by atoms with van der Waals surface area (Å²) >= 11 is 3.33. The van der Waals surface area contributed by atoms with E-state index in [1.54, 1.807) is 72.8 Å². The molecule has 0 unspecified atom stereocenters. The average molecular weight is 453 g/mol. The first-order valence-electron chi connectivity index (χ1n) is 8.63. The summed E-state index contributed by atoms with van der Waals surface area (Å²) in [6, 6.07) is 20.0. The lowest BCUT2D eigenvalue weighted by Gasteiger charge is -2.10. The van der Waals surface area contributed by atoms with Gasteiger partial charge >= 0.3 is 5.97 Å². The number of carbonyl (C=O) groups excluding carboxylic acids is 3. The van der Waals surface area contributed by atoms with Gasteiger partial charge in [0.1, 0.15) is 0 Å². The maximum absolute atomic E-state index is 12.5. The number of halogens is 1. The van der Waals surface area contributed by atoms with E-state index < -0.39 is 5.97 Å². The molecule has 2 amide bonds. The van der Waals surface area contributed by atoms with E-state index in [1.165, 1.54) is 7.11 Å². The highest BCUT2D eigenvalue weighted by Crippen LogP contribution is 2.18. The number of anilines is 2. The number of hydrogen-bond donors (Lipinski definition) is 2. The van der Waals surface area contributed by atoms with Crippen molar-refractivity contribution in [3.8, 4) is 0 Å². The maximum atomic E-state index is 12.5. The van der Waals surface area contributed by atoms with Crippen molar-refractivity contribution in [2.75, 3.05) is 17.7 Å². The van der Waals surface area contributed by atoms with Gasteiger partial charge in [-0.2, -0.15) is 0 Å². The lowest BCUT2D eigenvalue weighted by atomic mass is 10.1. The summed E-state index contributed by atoms with van der Waals surface area (Å²) in [5, 5.41) is 5.48. The second-order valence-corrected chi connectivity index (χ2v) is 6.95. The van der Waals surface area contributed by atoms with Crippen molar-refractivity contribution in [2.45, 2.75) is 0 Å². The van der Waals surface area contributed by atoms with Crippen LogP contribution < -0.4 is 10.6 Å². The standard InChI is InChI=1S/C22H17BrN2O4/c1-29-22(28)18-4-2-3-5-19(18)25-21(27)15-8-12-17(13-9-15)24-20(26)14-6-10-16(23)11-7-14/h2-13H,1H3,(H,24,26)(H,25,27). The SMILES string of the molecule is COC(=O)c1ccccc1NC(=O)c1ccc(NC(=O)c2ccc(Br)cc2)cc1. The Morgan fingerprint density at radius 2 is 1.31 bits per heavy atom. The maximum Gasteiger partial charge on any atom is 0.339 e. The van der Waals surface area contributed by atoms with E-state index in [9.17, 15) is 14.4 Å². The van der Waals surface area contributed by atoms with Crippen molar-refractivity contribution in [3.05, 3.63) is 94.0 Å². The summed E-state index contributed by atoms with van der Waals surface area (Å²) < 4.78 is 5.61. The highest BCUT2D eigenvalue weighted by molar-refractivity contribution is 9.10. The molecular formula is C22H17BrN2O4. The highest BCUT2D eigenvalue weighted by Gasteiger charge is 2.14. The van der Waals surface area contributed by atoms with Gasteiger partial charge in [0, 0.05) is 21.3 Å². The number of amides is 2. The fourth-order valence-corrected chi connectivity index (χ4v) is 2.85. The number of esters is 1. The number of carbonyl (C=O) groups is 3. The van der Waals surface area contributed by atoms with Crippen molar-refractivity contribution >= 4 is 45.1 Å². The van der Waals surface area contributed by atoms with Crippen molar-refractivity contribution < 1.29 is 19.1 Å². The van der Waals surface area contributed by atoms with Crippen molar-refractivity contribution in [1.29, 1.82) is 0 Å². The number of nitrogens with one attached hydrogen (secondary N) is 2. The molecule has 3 rings (SSSR count). The molecule has 0 aromatic heterocycles. The summed E-state index contributed by atoms with van der Waals surface area (Å²) in [4.78, 5) is 36.6. The minimum Gasteiger partial charge on any atom is -0.465 e. The van der Waals surface area contributed by atoms with E-state index in [0.717, 1.165) is 4.47 Å². The molecule has 0 atom stereocenters. The second-order valence-electron chi connectivity index (χ2n) is 6.03. The molecule has 0 saturated heterocycles. The zero-order chi connectivity index (χ0) is 20.8. The fourth-order valence-electron chi connectivity index (χ4n) is 2.58. The summed E-state index contributed by atoms with van der Waals surface area (Å²) in [6.07, 6.45) is 0. The third-order valence-electron chi connectivity index (χ3n) is 4.09. The van der Waals surface area contributed by atoms with Gasteiger partial charge in [0.2, 0.25) is 0 Å². The van der Waals surface area contributed by atoms with Crippen LogP contribution in [-0.2, 0) is 4.74 Å². The van der Waals surface area contributed by atoms with Gasteiger partial charge in [-0.1, -0.05) is 28.1 Å². The Labute approximate surface area is 176 Å². The topological polar surface area (TPSA) is 84.5 Å². The van der Waals surface area contributed by atoms with Gasteiger partial charge in [-0.05, 0) is 60.7 Å². The molecule has 3 aromatic rings. The van der Waals surface area contributed by atoms with E-state index in [2.05, 4.69) is 26.6 Å². The average Bonchev–Trinajstić information content (AvgIpc) is 2.74. The van der Waals surface area contributed by atoms with E-state index in [1.807, 2.05) is 0 Å². The molecule has 0 radical (unpaired) electrons. The van der Waals surface area contributed by atoms with E-state index in [4.69, 9.17) is 4.74 Å². The van der Waals surface area contributed by atoms with Crippen LogP contribution in [-0.4, -0.2) is 24.9 Å². The van der Waals surface area contributed by atoms with Gasteiger partial charge in [-0.3, -0.25) is 9.59 Å². The number of benzene rings is 3. The number of rotatable bonds is 5. The molecule has 0 aliphatic heterocycles. The van der Waals surface area contributed by atoms with E-state index in [-0.39, 0.29) is 17.4 Å². The Morgan fingerprint density at radius 1 is 0.759 bits per heavy atom. The molecule has 0 spiro atoms. The Bertz CT molecular complexity index is 1050. The Kier molecular flexibility index (Phi) is 6.41. The molecule has 0 aliphatic carbocycles. The first-order valence-corrected chi connectivity index (χ1v) is 9.43. The van der Waals surface area contributed by atoms with Crippen molar-refractivity contribution in [1.82, 2.24) is 0 Å². The molecule has 0 aliphatic rings. The van der Waals surface area contributed by atoms with E-state index in [0.29, 0.717) is 22.5 Å². The first kappa shape index (κ1) is 20.3. The number of hydrogen-bond acceptors (Lipinski definition) is 4. The molecule has 6 nitrogen and oxygen atoms in total. The van der Waals surface area contributed by atoms with Crippen molar-refractivity contribution in [3.63, 3.8) is 0 Å². The van der Waals surface area contributed by atoms with Gasteiger partial charge in [0.05, 0.1) is 18.4 Å². The molecule has 0 saturated carbocycles. The summed E-state index contributed by atoms with van der Waals surface area (Å²) in [7, 11) is 1.28. The molecule has 0 bridgehead atoms. The quantitative estimate of drug-likeness (QED) is 0.547. The molecule has 0 heterocycles. The predicted molar refractivity (Wildman–Crippen MR) is 114 cm³/mol. The molecule has 7 heteroatoms. The minimum atomic E-state index is -0.535. The van der Waals surface area contributed by atoms with Gasteiger partial charge < -0.3 is 15.4 Å². The summed E-state index contributed by atoms with van der Waals surface area (Å²) in [5.41, 5.74) is 2.09. The largest absolute Gasteiger partial charge is 0.465 e. The van der Waals surface area contributed by atoms with Gasteiger partial charge in [0.25, 0.3) is 11.8 Å². The van der Waals surface area contributed by atoms with Crippen LogP contribution in [0.15, 0.2) is 77.3 Å². The van der Waals surface area contributed by atoms with Gasteiger partial charge in [-0.15, -0.1) is 0 Å². The number of methoxy groups -OCH3 is 1.